The number of hydrogen-bond donors (Lipinski definition) is 0. The van der Waals surface area contributed by atoms with Crippen molar-refractivity contribution in [2.45, 2.75) is 46.0 Å². The van der Waals surface area contributed by atoms with Gasteiger partial charge in [-0.1, -0.05) is 10.3 Å². The number of aryl methyl sites for hydroxylation is 2. The van der Waals surface area contributed by atoms with Crippen LogP contribution in [0.2, 0.25) is 0 Å². The summed E-state index contributed by atoms with van der Waals surface area (Å²) in [6, 6.07) is 0. The first-order valence-corrected chi connectivity index (χ1v) is 9.88. The molecule has 0 aliphatic carbocycles. The highest BCUT2D eigenvalue weighted by Crippen LogP contribution is 2.23. The van der Waals surface area contributed by atoms with E-state index in [-0.39, 0.29) is 5.91 Å². The summed E-state index contributed by atoms with van der Waals surface area (Å²) >= 11 is 0. The number of amides is 1. The normalized spacial score (nSPS) is 16.9. The maximum Gasteiger partial charge on any atom is 0.227 e. The Bertz CT molecular complexity index is 948. The standard InChI is InChI=1S/C20H24N6O3/c1-13-16(14(2)28-24-13)5-6-19(27)26-9-3-4-15(12-26)10-18-23-20(25-29-18)17-11-21-7-8-22-17/h7-8,11,15H,3-6,9-10,12H2,1-2H3. The van der Waals surface area contributed by atoms with Crippen LogP contribution in [-0.2, 0) is 17.6 Å². The highest BCUT2D eigenvalue weighted by molar-refractivity contribution is 5.76. The molecule has 0 saturated carbocycles. The summed E-state index contributed by atoms with van der Waals surface area (Å²) in [6.07, 6.45) is 8.60. The number of piperidine rings is 1. The number of carbonyl (C=O) groups is 1. The van der Waals surface area contributed by atoms with Gasteiger partial charge in [-0.25, -0.2) is 4.98 Å². The number of nitrogens with zero attached hydrogens (tertiary/aromatic N) is 6. The van der Waals surface area contributed by atoms with Crippen LogP contribution in [-0.4, -0.2) is 49.2 Å². The Morgan fingerprint density at radius 1 is 1.24 bits per heavy atom. The molecule has 3 aromatic rings. The Morgan fingerprint density at radius 2 is 2.14 bits per heavy atom. The van der Waals surface area contributed by atoms with Crippen LogP contribution in [0.5, 0.6) is 0 Å². The molecule has 0 aromatic carbocycles. The third-order valence-electron chi connectivity index (χ3n) is 5.37. The molecule has 3 aromatic heterocycles. The molecule has 1 unspecified atom stereocenters. The van der Waals surface area contributed by atoms with E-state index in [1.54, 1.807) is 18.6 Å². The van der Waals surface area contributed by atoms with Crippen LogP contribution in [0.15, 0.2) is 27.6 Å². The van der Waals surface area contributed by atoms with Gasteiger partial charge >= 0.3 is 0 Å². The quantitative estimate of drug-likeness (QED) is 0.625. The maximum absolute atomic E-state index is 12.7. The van der Waals surface area contributed by atoms with Gasteiger partial charge < -0.3 is 13.9 Å². The predicted molar refractivity (Wildman–Crippen MR) is 103 cm³/mol. The highest BCUT2D eigenvalue weighted by Gasteiger charge is 2.26. The zero-order chi connectivity index (χ0) is 20.2. The summed E-state index contributed by atoms with van der Waals surface area (Å²) < 4.78 is 10.6. The third-order valence-corrected chi connectivity index (χ3v) is 5.37. The van der Waals surface area contributed by atoms with Gasteiger partial charge in [0.25, 0.3) is 0 Å². The minimum atomic E-state index is 0.167. The van der Waals surface area contributed by atoms with Crippen molar-refractivity contribution in [3.63, 3.8) is 0 Å². The summed E-state index contributed by atoms with van der Waals surface area (Å²) in [4.78, 5) is 27.3. The van der Waals surface area contributed by atoms with Gasteiger partial charge in [0, 0.05) is 43.9 Å². The molecule has 9 nitrogen and oxygen atoms in total. The van der Waals surface area contributed by atoms with Gasteiger partial charge in [-0.15, -0.1) is 0 Å². The van der Waals surface area contributed by atoms with E-state index in [0.29, 0.717) is 49.1 Å². The molecule has 0 spiro atoms. The maximum atomic E-state index is 12.7. The number of likely N-dealkylation sites (tertiary alicyclic amines) is 1. The van der Waals surface area contributed by atoms with Gasteiger partial charge in [-0.3, -0.25) is 9.78 Å². The van der Waals surface area contributed by atoms with E-state index < -0.39 is 0 Å². The van der Waals surface area contributed by atoms with Crippen molar-refractivity contribution < 1.29 is 13.8 Å². The second-order valence-corrected chi connectivity index (χ2v) is 7.46. The molecule has 4 rings (SSSR count). The largest absolute Gasteiger partial charge is 0.361 e. The van der Waals surface area contributed by atoms with Crippen molar-refractivity contribution in [3.05, 3.63) is 41.5 Å². The first-order valence-electron chi connectivity index (χ1n) is 9.88. The third kappa shape index (κ3) is 4.49. The summed E-state index contributed by atoms with van der Waals surface area (Å²) in [5.41, 5.74) is 2.48. The molecule has 1 aliphatic heterocycles. The van der Waals surface area contributed by atoms with Crippen LogP contribution in [0.4, 0.5) is 0 Å². The SMILES string of the molecule is Cc1noc(C)c1CCC(=O)N1CCCC(Cc2nc(-c3cnccn3)no2)C1. The van der Waals surface area contributed by atoms with Crippen molar-refractivity contribution in [3.8, 4) is 11.5 Å². The highest BCUT2D eigenvalue weighted by atomic mass is 16.5. The predicted octanol–water partition coefficient (Wildman–Crippen LogP) is 2.55. The molecule has 0 N–H and O–H groups in total. The lowest BCUT2D eigenvalue weighted by Gasteiger charge is -2.32. The molecule has 29 heavy (non-hydrogen) atoms. The molecular formula is C20H24N6O3. The fraction of sp³-hybridized carbons (Fsp3) is 0.500. The summed E-state index contributed by atoms with van der Waals surface area (Å²) in [5, 5.41) is 7.95. The van der Waals surface area contributed by atoms with Crippen molar-refractivity contribution >= 4 is 5.91 Å². The van der Waals surface area contributed by atoms with Crippen molar-refractivity contribution in [1.82, 2.24) is 30.2 Å². The van der Waals surface area contributed by atoms with E-state index in [4.69, 9.17) is 9.05 Å². The molecule has 1 atom stereocenters. The fourth-order valence-electron chi connectivity index (χ4n) is 3.81. The molecule has 0 bridgehead atoms. The lowest BCUT2D eigenvalue weighted by molar-refractivity contribution is -0.133. The van der Waals surface area contributed by atoms with Gasteiger partial charge in [0.1, 0.15) is 11.5 Å². The average molecular weight is 396 g/mol. The number of hydrogen-bond acceptors (Lipinski definition) is 8. The van der Waals surface area contributed by atoms with Crippen LogP contribution in [0.1, 0.15) is 42.2 Å². The second kappa shape index (κ2) is 8.50. The Hall–Kier alpha value is -3.10. The van der Waals surface area contributed by atoms with E-state index in [0.717, 1.165) is 36.4 Å². The number of rotatable bonds is 6. The average Bonchev–Trinajstić information content (AvgIpc) is 3.33. The summed E-state index contributed by atoms with van der Waals surface area (Å²) in [5.74, 6) is 2.28. The molecule has 152 valence electrons. The van der Waals surface area contributed by atoms with E-state index in [1.807, 2.05) is 18.7 Å². The zero-order valence-corrected chi connectivity index (χ0v) is 16.7. The van der Waals surface area contributed by atoms with E-state index in [1.165, 1.54) is 0 Å². The molecular weight excluding hydrogens is 372 g/mol. The van der Waals surface area contributed by atoms with Gasteiger partial charge in [-0.2, -0.15) is 4.98 Å². The molecule has 1 amide bonds. The van der Waals surface area contributed by atoms with E-state index in [9.17, 15) is 4.79 Å². The molecule has 1 fully saturated rings. The number of aromatic nitrogens is 5. The summed E-state index contributed by atoms with van der Waals surface area (Å²) in [6.45, 7) is 5.30. The molecule has 0 radical (unpaired) electrons. The first-order chi connectivity index (χ1) is 14.1. The monoisotopic (exact) mass is 396 g/mol. The minimum absolute atomic E-state index is 0.167. The van der Waals surface area contributed by atoms with Gasteiger partial charge in [0.05, 0.1) is 11.9 Å². The molecule has 1 aliphatic rings. The Balaban J connectivity index is 1.32. The second-order valence-electron chi connectivity index (χ2n) is 7.46. The lowest BCUT2D eigenvalue weighted by Crippen LogP contribution is -2.40. The first kappa shape index (κ1) is 19.2. The molecule has 9 heteroatoms. The van der Waals surface area contributed by atoms with Crippen LogP contribution in [0.3, 0.4) is 0 Å². The van der Waals surface area contributed by atoms with Crippen LogP contribution in [0.25, 0.3) is 11.5 Å². The van der Waals surface area contributed by atoms with E-state index in [2.05, 4.69) is 25.3 Å². The Kier molecular flexibility index (Phi) is 5.64. The van der Waals surface area contributed by atoms with Crippen LogP contribution >= 0.6 is 0 Å². The number of carbonyl (C=O) groups excluding carboxylic acids is 1. The lowest BCUT2D eigenvalue weighted by atomic mass is 9.94. The summed E-state index contributed by atoms with van der Waals surface area (Å²) in [7, 11) is 0. The van der Waals surface area contributed by atoms with Gasteiger partial charge in [0.2, 0.25) is 17.6 Å². The van der Waals surface area contributed by atoms with Crippen molar-refractivity contribution in [1.29, 1.82) is 0 Å². The molecule has 1 saturated heterocycles. The molecule has 4 heterocycles. The zero-order valence-electron chi connectivity index (χ0n) is 16.7. The van der Waals surface area contributed by atoms with Crippen molar-refractivity contribution in [2.75, 3.05) is 13.1 Å². The van der Waals surface area contributed by atoms with Gasteiger partial charge in [0.15, 0.2) is 0 Å². The van der Waals surface area contributed by atoms with Gasteiger partial charge in [-0.05, 0) is 39.0 Å². The minimum Gasteiger partial charge on any atom is -0.361 e. The van der Waals surface area contributed by atoms with Crippen LogP contribution < -0.4 is 0 Å². The Morgan fingerprint density at radius 3 is 2.90 bits per heavy atom. The van der Waals surface area contributed by atoms with Crippen LogP contribution in [0, 0.1) is 19.8 Å². The topological polar surface area (TPSA) is 111 Å². The van der Waals surface area contributed by atoms with E-state index >= 15 is 0 Å². The smallest absolute Gasteiger partial charge is 0.227 e. The fourth-order valence-corrected chi connectivity index (χ4v) is 3.81. The van der Waals surface area contributed by atoms with Crippen molar-refractivity contribution in [2.24, 2.45) is 5.92 Å². The Labute approximate surface area is 168 Å².